The average molecular weight is 327 g/mol. The number of nitrogens with zero attached hydrogens (tertiary/aromatic N) is 4. The largest absolute Gasteiger partial charge is 0.272 e. The lowest BCUT2D eigenvalue weighted by atomic mass is 10.0. The Morgan fingerprint density at radius 1 is 1.47 bits per heavy atom. The minimum absolute atomic E-state index is 0.134. The summed E-state index contributed by atoms with van der Waals surface area (Å²) in [6.45, 7) is 6.88. The van der Waals surface area contributed by atoms with E-state index in [9.17, 15) is 0 Å². The molecule has 6 nitrogen and oxygen atoms in total. The predicted octanol–water partition coefficient (Wildman–Crippen LogP) is 1.57. The summed E-state index contributed by atoms with van der Waals surface area (Å²) < 4.78 is 4.75. The summed E-state index contributed by atoms with van der Waals surface area (Å²) in [6.07, 6.45) is 1.80. The van der Waals surface area contributed by atoms with Crippen LogP contribution in [0.5, 0.6) is 0 Å². The number of aryl methyl sites for hydroxylation is 3. The van der Waals surface area contributed by atoms with E-state index in [4.69, 9.17) is 5.84 Å². The Morgan fingerprint density at radius 3 is 2.63 bits per heavy atom. The van der Waals surface area contributed by atoms with Crippen molar-refractivity contribution in [3.8, 4) is 0 Å². The fraction of sp³-hybridized carbons (Fsp3) is 0.500. The average Bonchev–Trinajstić information content (AvgIpc) is 2.86. The van der Waals surface area contributed by atoms with E-state index in [-0.39, 0.29) is 6.04 Å². The van der Waals surface area contributed by atoms with Crippen LogP contribution < -0.4 is 11.3 Å². The molecule has 2 rings (SSSR count). The van der Waals surface area contributed by atoms with E-state index in [0.29, 0.717) is 0 Å². The van der Waals surface area contributed by atoms with Gasteiger partial charge in [-0.3, -0.25) is 15.2 Å². The zero-order valence-electron chi connectivity index (χ0n) is 11.6. The molecular weight excluding hydrogens is 308 g/mol. The Balaban J connectivity index is 2.59. The summed E-state index contributed by atoms with van der Waals surface area (Å²) in [7, 11) is 1.94. The van der Waals surface area contributed by atoms with E-state index in [1.165, 1.54) is 0 Å². The molecule has 2 aromatic heterocycles. The molecular formula is C12H19BrN6. The van der Waals surface area contributed by atoms with Crippen molar-refractivity contribution in [3.05, 3.63) is 33.3 Å². The normalized spacial score (nSPS) is 12.9. The third-order valence-corrected chi connectivity index (χ3v) is 4.04. The molecule has 0 bridgehead atoms. The summed E-state index contributed by atoms with van der Waals surface area (Å²) in [6, 6.07) is -0.134. The molecule has 7 heteroatoms. The number of hydrogen-bond acceptors (Lipinski definition) is 4. The van der Waals surface area contributed by atoms with Crippen LogP contribution in [0, 0.1) is 13.8 Å². The van der Waals surface area contributed by atoms with Crippen molar-refractivity contribution in [1.29, 1.82) is 0 Å². The van der Waals surface area contributed by atoms with Crippen molar-refractivity contribution < 1.29 is 0 Å². The Morgan fingerprint density at radius 2 is 2.16 bits per heavy atom. The molecule has 2 aromatic rings. The Hall–Kier alpha value is -1.18. The molecule has 19 heavy (non-hydrogen) atoms. The van der Waals surface area contributed by atoms with Crippen LogP contribution in [0.3, 0.4) is 0 Å². The second kappa shape index (κ2) is 5.44. The molecule has 0 radical (unpaired) electrons. The topological polar surface area (TPSA) is 73.7 Å². The quantitative estimate of drug-likeness (QED) is 0.660. The van der Waals surface area contributed by atoms with E-state index >= 15 is 0 Å². The van der Waals surface area contributed by atoms with Gasteiger partial charge in [0.1, 0.15) is 0 Å². The second-order valence-corrected chi connectivity index (χ2v) is 5.36. The number of nitrogens with two attached hydrogens (primary N) is 1. The monoisotopic (exact) mass is 326 g/mol. The molecule has 0 aromatic carbocycles. The van der Waals surface area contributed by atoms with Gasteiger partial charge in [0, 0.05) is 24.8 Å². The molecule has 0 aliphatic rings. The first-order valence-corrected chi connectivity index (χ1v) is 6.97. The maximum absolute atomic E-state index is 5.79. The maximum Gasteiger partial charge on any atom is 0.0925 e. The van der Waals surface area contributed by atoms with Gasteiger partial charge < -0.3 is 0 Å². The standard InChI is InChI=1S/C12H19BrN6/c1-5-19-12(9(13)6-15-19)11(16-14)10-7(2)17-18(4)8(10)3/h6,11,16H,5,14H2,1-4H3. The summed E-state index contributed by atoms with van der Waals surface area (Å²) in [5.41, 5.74) is 7.07. The van der Waals surface area contributed by atoms with E-state index in [0.717, 1.165) is 33.7 Å². The van der Waals surface area contributed by atoms with Gasteiger partial charge in [0.15, 0.2) is 0 Å². The lowest BCUT2D eigenvalue weighted by molar-refractivity contribution is 0.538. The number of rotatable bonds is 4. The first-order valence-electron chi connectivity index (χ1n) is 6.18. The van der Waals surface area contributed by atoms with Gasteiger partial charge in [0.25, 0.3) is 0 Å². The molecule has 1 atom stereocenters. The van der Waals surface area contributed by atoms with Crippen molar-refractivity contribution in [2.45, 2.75) is 33.4 Å². The minimum Gasteiger partial charge on any atom is -0.272 e. The van der Waals surface area contributed by atoms with Gasteiger partial charge in [-0.25, -0.2) is 5.43 Å². The van der Waals surface area contributed by atoms with Crippen LogP contribution in [0.25, 0.3) is 0 Å². The highest BCUT2D eigenvalue weighted by atomic mass is 79.9. The third-order valence-electron chi connectivity index (χ3n) is 3.43. The Labute approximate surface area is 121 Å². The Bertz CT molecular complexity index is 585. The van der Waals surface area contributed by atoms with Crippen molar-refractivity contribution >= 4 is 15.9 Å². The SMILES string of the molecule is CCn1ncc(Br)c1C(NN)c1c(C)nn(C)c1C. The van der Waals surface area contributed by atoms with Crippen molar-refractivity contribution in [2.24, 2.45) is 12.9 Å². The number of nitrogens with one attached hydrogen (secondary N) is 1. The smallest absolute Gasteiger partial charge is 0.0925 e. The summed E-state index contributed by atoms with van der Waals surface area (Å²) in [5, 5.41) is 8.79. The van der Waals surface area contributed by atoms with Crippen LogP contribution in [0.15, 0.2) is 10.7 Å². The molecule has 0 spiro atoms. The summed E-state index contributed by atoms with van der Waals surface area (Å²) in [5.74, 6) is 5.79. The lowest BCUT2D eigenvalue weighted by Gasteiger charge is -2.19. The zero-order valence-corrected chi connectivity index (χ0v) is 13.2. The maximum atomic E-state index is 5.79. The van der Waals surface area contributed by atoms with Crippen LogP contribution in [0.4, 0.5) is 0 Å². The van der Waals surface area contributed by atoms with Gasteiger partial charge in [-0.1, -0.05) is 0 Å². The van der Waals surface area contributed by atoms with Gasteiger partial charge in [0.05, 0.1) is 28.1 Å². The van der Waals surface area contributed by atoms with Crippen LogP contribution in [0.2, 0.25) is 0 Å². The van der Waals surface area contributed by atoms with Crippen LogP contribution in [0.1, 0.15) is 35.6 Å². The van der Waals surface area contributed by atoms with Crippen LogP contribution in [-0.4, -0.2) is 19.6 Å². The molecule has 104 valence electrons. The van der Waals surface area contributed by atoms with E-state index in [1.807, 2.05) is 30.3 Å². The van der Waals surface area contributed by atoms with Gasteiger partial charge in [-0.2, -0.15) is 10.2 Å². The molecule has 0 saturated carbocycles. The van der Waals surface area contributed by atoms with Crippen molar-refractivity contribution in [2.75, 3.05) is 0 Å². The van der Waals surface area contributed by atoms with Crippen molar-refractivity contribution in [3.63, 3.8) is 0 Å². The highest BCUT2D eigenvalue weighted by Gasteiger charge is 2.25. The fourth-order valence-corrected chi connectivity index (χ4v) is 2.94. The first kappa shape index (κ1) is 14.2. The van der Waals surface area contributed by atoms with Crippen LogP contribution in [-0.2, 0) is 13.6 Å². The van der Waals surface area contributed by atoms with Crippen molar-refractivity contribution in [1.82, 2.24) is 25.0 Å². The molecule has 0 aliphatic carbocycles. The molecule has 0 fully saturated rings. The van der Waals surface area contributed by atoms with E-state index < -0.39 is 0 Å². The predicted molar refractivity (Wildman–Crippen MR) is 77.4 cm³/mol. The number of hydrazine groups is 1. The van der Waals surface area contributed by atoms with E-state index in [1.54, 1.807) is 6.20 Å². The van der Waals surface area contributed by atoms with Gasteiger partial charge >= 0.3 is 0 Å². The lowest BCUT2D eigenvalue weighted by Crippen LogP contribution is -2.31. The van der Waals surface area contributed by atoms with Gasteiger partial charge in [-0.05, 0) is 36.7 Å². The third kappa shape index (κ3) is 2.33. The number of aromatic nitrogens is 4. The van der Waals surface area contributed by atoms with Gasteiger partial charge in [-0.15, -0.1) is 0 Å². The molecule has 2 heterocycles. The minimum atomic E-state index is -0.134. The number of halogens is 1. The zero-order chi connectivity index (χ0) is 14.2. The highest BCUT2D eigenvalue weighted by molar-refractivity contribution is 9.10. The Kier molecular flexibility index (Phi) is 4.07. The fourth-order valence-electron chi connectivity index (χ4n) is 2.42. The molecule has 3 N–H and O–H groups in total. The second-order valence-electron chi connectivity index (χ2n) is 4.50. The van der Waals surface area contributed by atoms with Crippen LogP contribution >= 0.6 is 15.9 Å². The summed E-state index contributed by atoms with van der Waals surface area (Å²) >= 11 is 3.55. The highest BCUT2D eigenvalue weighted by Crippen LogP contribution is 2.31. The van der Waals surface area contributed by atoms with Gasteiger partial charge in [0.2, 0.25) is 0 Å². The van der Waals surface area contributed by atoms with E-state index in [2.05, 4.69) is 38.5 Å². The first-order chi connectivity index (χ1) is 9.01. The summed E-state index contributed by atoms with van der Waals surface area (Å²) in [4.78, 5) is 0. The molecule has 1 unspecified atom stereocenters. The number of hydrogen-bond donors (Lipinski definition) is 2. The molecule has 0 aliphatic heterocycles. The molecule has 0 saturated heterocycles. The molecule has 0 amide bonds.